The Morgan fingerprint density at radius 1 is 1.30 bits per heavy atom. The molecule has 1 fully saturated rings. The van der Waals surface area contributed by atoms with Gasteiger partial charge in [-0.05, 0) is 26.8 Å². The van der Waals surface area contributed by atoms with Crippen LogP contribution in [0.3, 0.4) is 0 Å². The molecule has 0 spiro atoms. The van der Waals surface area contributed by atoms with Gasteiger partial charge >= 0.3 is 12.0 Å². The van der Waals surface area contributed by atoms with E-state index in [2.05, 4.69) is 0 Å². The molecule has 0 saturated heterocycles. The molecule has 0 aromatic heterocycles. The Kier molecular flexibility index (Phi) is 5.50. The fourth-order valence-electron chi connectivity index (χ4n) is 2.96. The summed E-state index contributed by atoms with van der Waals surface area (Å²) in [4.78, 5) is 35.5. The van der Waals surface area contributed by atoms with Crippen molar-refractivity contribution in [2.75, 3.05) is 7.05 Å². The van der Waals surface area contributed by atoms with Gasteiger partial charge in [0.1, 0.15) is 0 Å². The lowest BCUT2D eigenvalue weighted by Gasteiger charge is -2.46. The van der Waals surface area contributed by atoms with Crippen molar-refractivity contribution in [3.05, 3.63) is 0 Å². The average Bonchev–Trinajstić information content (AvgIpc) is 2.36. The van der Waals surface area contributed by atoms with Crippen molar-refractivity contribution in [2.45, 2.75) is 57.0 Å². The second kappa shape index (κ2) is 6.69. The van der Waals surface area contributed by atoms with Crippen LogP contribution in [0.25, 0.3) is 0 Å². The number of nitrogens with two attached hydrogens (primary N) is 1. The number of nitrogens with zero attached hydrogens (tertiary/aromatic N) is 1. The molecule has 1 aliphatic rings. The normalized spacial score (nSPS) is 19.4. The predicted octanol–water partition coefficient (Wildman–Crippen LogP) is 0.679. The number of hydrogen-bond acceptors (Lipinski definition) is 4. The molecule has 0 aromatic rings. The number of carboxylic acid groups (broad SMARTS) is 1. The Balaban J connectivity index is 2.86. The number of carbonyl (C=O) groups is 3. The van der Waals surface area contributed by atoms with Gasteiger partial charge in [-0.2, -0.15) is 0 Å². The van der Waals surface area contributed by atoms with E-state index in [4.69, 9.17) is 10.8 Å². The lowest BCUT2D eigenvalue weighted by atomic mass is 9.77. The second-order valence-corrected chi connectivity index (χ2v) is 5.50. The molecule has 114 valence electrons. The molecule has 0 heterocycles. The van der Waals surface area contributed by atoms with Gasteiger partial charge in [-0.3, -0.25) is 19.8 Å². The van der Waals surface area contributed by atoms with Crippen molar-refractivity contribution in [1.29, 1.82) is 0 Å². The lowest BCUT2D eigenvalue weighted by molar-refractivity contribution is -0.143. The van der Waals surface area contributed by atoms with Crippen LogP contribution in [0.4, 0.5) is 4.79 Å². The van der Waals surface area contributed by atoms with E-state index in [1.54, 1.807) is 18.9 Å². The first-order valence-electron chi connectivity index (χ1n) is 6.83. The van der Waals surface area contributed by atoms with Gasteiger partial charge < -0.3 is 10.8 Å². The molecule has 0 radical (unpaired) electrons. The third-order valence-electron chi connectivity index (χ3n) is 4.22. The van der Waals surface area contributed by atoms with Gasteiger partial charge in [0.25, 0.3) is 0 Å². The van der Waals surface area contributed by atoms with Crippen LogP contribution in [-0.2, 0) is 9.59 Å². The van der Waals surface area contributed by atoms with E-state index < -0.39 is 29.5 Å². The van der Waals surface area contributed by atoms with E-state index in [1.165, 1.54) is 0 Å². The highest BCUT2D eigenvalue weighted by molar-refractivity contribution is 5.96. The third kappa shape index (κ3) is 3.93. The molecule has 1 rings (SSSR count). The standard InChI is InChI=1S/C13H23N3O4/c1-9(11(19)15-12(14)20)16(2)13(8-10(17)18)6-4-3-5-7-13/h9H,3-8H2,1-2H3,(H,17,18)(H3,14,15,19,20). The molecule has 20 heavy (non-hydrogen) atoms. The molecule has 7 heteroatoms. The Labute approximate surface area is 118 Å². The molecule has 7 nitrogen and oxygen atoms in total. The number of carboxylic acids is 1. The van der Waals surface area contributed by atoms with E-state index in [0.29, 0.717) is 0 Å². The summed E-state index contributed by atoms with van der Waals surface area (Å²) < 4.78 is 0. The average molecular weight is 285 g/mol. The smallest absolute Gasteiger partial charge is 0.318 e. The van der Waals surface area contributed by atoms with Crippen molar-refractivity contribution < 1.29 is 19.5 Å². The molecule has 1 aliphatic carbocycles. The fourth-order valence-corrected chi connectivity index (χ4v) is 2.96. The maximum Gasteiger partial charge on any atom is 0.318 e. The number of urea groups is 1. The predicted molar refractivity (Wildman–Crippen MR) is 73.0 cm³/mol. The molecule has 1 atom stereocenters. The fraction of sp³-hybridized carbons (Fsp3) is 0.769. The topological polar surface area (TPSA) is 113 Å². The number of rotatable bonds is 5. The van der Waals surface area contributed by atoms with E-state index >= 15 is 0 Å². The molecule has 0 aromatic carbocycles. The number of primary amides is 1. The number of likely N-dealkylation sites (N-methyl/N-ethyl adjacent to an activating group) is 1. The molecule has 0 bridgehead atoms. The number of hydrogen-bond donors (Lipinski definition) is 3. The zero-order chi connectivity index (χ0) is 15.3. The monoisotopic (exact) mass is 285 g/mol. The molecule has 0 aliphatic heterocycles. The van der Waals surface area contributed by atoms with Crippen LogP contribution in [0, 0.1) is 0 Å². The summed E-state index contributed by atoms with van der Waals surface area (Å²) in [5, 5.41) is 11.2. The van der Waals surface area contributed by atoms with E-state index in [9.17, 15) is 14.4 Å². The van der Waals surface area contributed by atoms with Crippen molar-refractivity contribution in [1.82, 2.24) is 10.2 Å². The number of nitrogens with one attached hydrogen (secondary N) is 1. The Hall–Kier alpha value is -1.63. The number of carbonyl (C=O) groups excluding carboxylic acids is 2. The quantitative estimate of drug-likeness (QED) is 0.687. The van der Waals surface area contributed by atoms with Gasteiger partial charge in [0.05, 0.1) is 12.5 Å². The number of imide groups is 1. The van der Waals surface area contributed by atoms with Crippen LogP contribution >= 0.6 is 0 Å². The zero-order valence-electron chi connectivity index (χ0n) is 12.0. The van der Waals surface area contributed by atoms with Crippen LogP contribution in [0.5, 0.6) is 0 Å². The van der Waals surface area contributed by atoms with Crippen LogP contribution in [0.2, 0.25) is 0 Å². The summed E-state index contributed by atoms with van der Waals surface area (Å²) in [5.74, 6) is -1.38. The Bertz CT molecular complexity index is 391. The summed E-state index contributed by atoms with van der Waals surface area (Å²) in [7, 11) is 1.74. The first kappa shape index (κ1) is 16.4. The van der Waals surface area contributed by atoms with E-state index in [1.807, 2.05) is 5.32 Å². The van der Waals surface area contributed by atoms with Crippen molar-refractivity contribution >= 4 is 17.9 Å². The molecular formula is C13H23N3O4. The summed E-state index contributed by atoms with van der Waals surface area (Å²) in [6, 6.07) is -1.51. The van der Waals surface area contributed by atoms with Gasteiger partial charge in [-0.1, -0.05) is 19.3 Å². The minimum absolute atomic E-state index is 0.00229. The highest BCUT2D eigenvalue weighted by atomic mass is 16.4. The molecule has 3 amide bonds. The number of amides is 3. The first-order chi connectivity index (χ1) is 9.28. The van der Waals surface area contributed by atoms with Crippen LogP contribution < -0.4 is 11.1 Å². The van der Waals surface area contributed by atoms with Gasteiger partial charge in [-0.15, -0.1) is 0 Å². The maximum atomic E-state index is 11.9. The van der Waals surface area contributed by atoms with Gasteiger partial charge in [-0.25, -0.2) is 4.79 Å². The van der Waals surface area contributed by atoms with Gasteiger partial charge in [0, 0.05) is 5.54 Å². The molecule has 4 N–H and O–H groups in total. The SMILES string of the molecule is CC(C(=O)NC(N)=O)N(C)C1(CC(=O)O)CCCCC1. The van der Waals surface area contributed by atoms with Crippen molar-refractivity contribution in [2.24, 2.45) is 5.73 Å². The van der Waals surface area contributed by atoms with E-state index in [-0.39, 0.29) is 6.42 Å². The minimum Gasteiger partial charge on any atom is -0.481 e. The highest BCUT2D eigenvalue weighted by Crippen LogP contribution is 2.36. The molecule has 1 unspecified atom stereocenters. The third-order valence-corrected chi connectivity index (χ3v) is 4.22. The van der Waals surface area contributed by atoms with Gasteiger partial charge in [0.2, 0.25) is 5.91 Å². The van der Waals surface area contributed by atoms with E-state index in [0.717, 1.165) is 32.1 Å². The summed E-state index contributed by atoms with van der Waals surface area (Å²) >= 11 is 0. The summed E-state index contributed by atoms with van der Waals surface area (Å²) in [6.45, 7) is 1.65. The van der Waals surface area contributed by atoms with Crippen molar-refractivity contribution in [3.63, 3.8) is 0 Å². The minimum atomic E-state index is -0.897. The van der Waals surface area contributed by atoms with Crippen molar-refractivity contribution in [3.8, 4) is 0 Å². The molecular weight excluding hydrogens is 262 g/mol. The van der Waals surface area contributed by atoms with Crippen LogP contribution in [0.15, 0.2) is 0 Å². The number of aliphatic carboxylic acids is 1. The highest BCUT2D eigenvalue weighted by Gasteiger charge is 2.41. The summed E-state index contributed by atoms with van der Waals surface area (Å²) in [6.07, 6.45) is 4.45. The Morgan fingerprint density at radius 2 is 1.85 bits per heavy atom. The van der Waals surface area contributed by atoms with Crippen LogP contribution in [-0.4, -0.2) is 46.5 Å². The van der Waals surface area contributed by atoms with Gasteiger partial charge in [0.15, 0.2) is 0 Å². The first-order valence-corrected chi connectivity index (χ1v) is 6.83. The zero-order valence-corrected chi connectivity index (χ0v) is 12.0. The van der Waals surface area contributed by atoms with Crippen LogP contribution in [0.1, 0.15) is 45.4 Å². The largest absolute Gasteiger partial charge is 0.481 e. The maximum absolute atomic E-state index is 11.9. The lowest BCUT2D eigenvalue weighted by Crippen LogP contribution is -2.57. The Morgan fingerprint density at radius 3 is 2.30 bits per heavy atom. The molecule has 1 saturated carbocycles. The second-order valence-electron chi connectivity index (χ2n) is 5.50. The summed E-state index contributed by atoms with van der Waals surface area (Å²) in [5.41, 5.74) is 4.41.